The number of carboxylic acid groups (broad SMARTS) is 1. The number of ether oxygens (including phenoxy) is 1. The van der Waals surface area contributed by atoms with Gasteiger partial charge in [-0.05, 0) is 71.4 Å². The monoisotopic (exact) mass is 546 g/mol. The minimum atomic E-state index is -1.04. The second kappa shape index (κ2) is 10.7. The number of carbonyl (C=O) groups is 2. The molecule has 3 aromatic rings. The Balaban J connectivity index is 1.49. The van der Waals surface area contributed by atoms with Crippen LogP contribution in [0.25, 0.3) is 6.08 Å². The zero-order valence-electron chi connectivity index (χ0n) is 18.2. The van der Waals surface area contributed by atoms with E-state index in [1.54, 1.807) is 55.6 Å². The van der Waals surface area contributed by atoms with E-state index in [-0.39, 0.29) is 18.1 Å². The third-order valence-electron chi connectivity index (χ3n) is 4.95. The van der Waals surface area contributed by atoms with E-state index in [1.807, 2.05) is 6.07 Å². The highest BCUT2D eigenvalue weighted by molar-refractivity contribution is 8.18. The molecule has 1 aliphatic rings. The predicted octanol–water partition coefficient (Wildman–Crippen LogP) is 7.16. The van der Waals surface area contributed by atoms with Crippen LogP contribution in [0, 0.1) is 0 Å². The highest BCUT2D eigenvalue weighted by Crippen LogP contribution is 2.35. The summed E-state index contributed by atoms with van der Waals surface area (Å²) in [4.78, 5) is 30.2. The Morgan fingerprint density at radius 2 is 1.86 bits per heavy atom. The maximum atomic E-state index is 12.7. The van der Waals surface area contributed by atoms with Gasteiger partial charge in [0, 0.05) is 7.05 Å². The average molecular weight is 548 g/mol. The molecular formula is C25H17Cl3N2O4S. The summed E-state index contributed by atoms with van der Waals surface area (Å²) in [7, 11) is 1.61. The molecule has 1 saturated heterocycles. The topological polar surface area (TPSA) is 79.2 Å². The van der Waals surface area contributed by atoms with Crippen LogP contribution < -0.4 is 4.74 Å². The molecule has 0 bridgehead atoms. The molecule has 0 aromatic heterocycles. The summed E-state index contributed by atoms with van der Waals surface area (Å²) in [6, 6.07) is 16.7. The number of halogens is 3. The van der Waals surface area contributed by atoms with E-state index in [4.69, 9.17) is 44.6 Å². The number of hydrogen-bond acceptors (Lipinski definition) is 5. The van der Waals surface area contributed by atoms with Gasteiger partial charge in [-0.1, -0.05) is 53.0 Å². The van der Waals surface area contributed by atoms with Gasteiger partial charge in [0.05, 0.1) is 31.2 Å². The zero-order valence-corrected chi connectivity index (χ0v) is 21.3. The van der Waals surface area contributed by atoms with Crippen molar-refractivity contribution in [3.8, 4) is 5.75 Å². The first-order valence-electron chi connectivity index (χ1n) is 10.2. The highest BCUT2D eigenvalue weighted by Gasteiger charge is 2.30. The van der Waals surface area contributed by atoms with Gasteiger partial charge >= 0.3 is 5.97 Å². The summed E-state index contributed by atoms with van der Waals surface area (Å²) in [6.07, 6.45) is 1.72. The number of carbonyl (C=O) groups excluding carboxylic acids is 1. The van der Waals surface area contributed by atoms with E-state index >= 15 is 0 Å². The highest BCUT2D eigenvalue weighted by atomic mass is 35.5. The van der Waals surface area contributed by atoms with Crippen LogP contribution in [0.1, 0.15) is 21.5 Å². The van der Waals surface area contributed by atoms with Crippen molar-refractivity contribution in [3.63, 3.8) is 0 Å². The fraction of sp³-hybridized carbons (Fsp3) is 0.0800. The smallest absolute Gasteiger partial charge is 0.335 e. The molecule has 178 valence electrons. The average Bonchev–Trinajstić information content (AvgIpc) is 3.08. The molecule has 0 atom stereocenters. The van der Waals surface area contributed by atoms with Crippen molar-refractivity contribution in [1.82, 2.24) is 4.90 Å². The van der Waals surface area contributed by atoms with Gasteiger partial charge in [0.2, 0.25) is 0 Å². The van der Waals surface area contributed by atoms with E-state index in [9.17, 15) is 9.59 Å². The van der Waals surface area contributed by atoms with Crippen LogP contribution in [0.2, 0.25) is 15.1 Å². The van der Waals surface area contributed by atoms with Crippen molar-refractivity contribution in [3.05, 3.63) is 97.3 Å². The molecule has 10 heteroatoms. The summed E-state index contributed by atoms with van der Waals surface area (Å²) < 4.78 is 5.80. The molecule has 0 radical (unpaired) electrons. The number of likely N-dealkylation sites (N-methyl/N-ethyl adjacent to an activating group) is 1. The lowest BCUT2D eigenvalue weighted by molar-refractivity contribution is -0.121. The Morgan fingerprint density at radius 1 is 1.06 bits per heavy atom. The van der Waals surface area contributed by atoms with Crippen molar-refractivity contribution in [2.24, 2.45) is 4.99 Å². The molecule has 1 heterocycles. The Bertz CT molecular complexity index is 1390. The van der Waals surface area contributed by atoms with Crippen LogP contribution in [0.15, 0.2) is 70.6 Å². The van der Waals surface area contributed by atoms with Gasteiger partial charge in [0.1, 0.15) is 12.4 Å². The number of thioether (sulfide) groups is 1. The number of aliphatic imine (C=N–C) groups is 1. The van der Waals surface area contributed by atoms with E-state index in [1.165, 1.54) is 28.8 Å². The normalized spacial score (nSPS) is 15.8. The number of benzene rings is 3. The maximum absolute atomic E-state index is 12.7. The second-order valence-electron chi connectivity index (χ2n) is 7.45. The van der Waals surface area contributed by atoms with Crippen molar-refractivity contribution >= 4 is 75.4 Å². The second-order valence-corrected chi connectivity index (χ2v) is 9.68. The molecule has 3 aromatic carbocycles. The first-order chi connectivity index (χ1) is 16.7. The molecule has 1 aliphatic heterocycles. The van der Waals surface area contributed by atoms with Crippen LogP contribution in [0.3, 0.4) is 0 Å². The number of rotatable bonds is 6. The fourth-order valence-corrected chi connectivity index (χ4v) is 4.69. The summed E-state index contributed by atoms with van der Waals surface area (Å²) >= 11 is 19.6. The summed E-state index contributed by atoms with van der Waals surface area (Å²) in [5.74, 6) is -0.778. The van der Waals surface area contributed by atoms with Crippen LogP contribution in [-0.2, 0) is 11.4 Å². The lowest BCUT2D eigenvalue weighted by Crippen LogP contribution is -2.23. The first kappa shape index (κ1) is 25.1. The van der Waals surface area contributed by atoms with Crippen molar-refractivity contribution in [2.75, 3.05) is 7.05 Å². The van der Waals surface area contributed by atoms with Gasteiger partial charge in [-0.15, -0.1) is 0 Å². The number of aromatic carboxylic acids is 1. The van der Waals surface area contributed by atoms with E-state index in [0.29, 0.717) is 36.6 Å². The Labute approximate surface area is 220 Å². The fourth-order valence-electron chi connectivity index (χ4n) is 3.14. The van der Waals surface area contributed by atoms with Crippen LogP contribution in [-0.4, -0.2) is 34.1 Å². The van der Waals surface area contributed by atoms with Gasteiger partial charge in [-0.2, -0.15) is 0 Å². The molecule has 1 amide bonds. The van der Waals surface area contributed by atoms with Crippen LogP contribution in [0.5, 0.6) is 5.75 Å². The van der Waals surface area contributed by atoms with Crippen molar-refractivity contribution in [2.45, 2.75) is 6.61 Å². The lowest BCUT2D eigenvalue weighted by Gasteiger charge is -2.09. The first-order valence-corrected chi connectivity index (χ1v) is 12.1. The molecular weight excluding hydrogens is 531 g/mol. The molecule has 1 fully saturated rings. The summed E-state index contributed by atoms with van der Waals surface area (Å²) in [5.41, 5.74) is 2.13. The largest absolute Gasteiger partial charge is 0.487 e. The van der Waals surface area contributed by atoms with Gasteiger partial charge in [0.15, 0.2) is 5.17 Å². The Kier molecular flexibility index (Phi) is 7.72. The Hall–Kier alpha value is -2.97. The number of carboxylic acids is 1. The minimum absolute atomic E-state index is 0.121. The van der Waals surface area contributed by atoms with Crippen molar-refractivity contribution in [1.29, 1.82) is 0 Å². The van der Waals surface area contributed by atoms with E-state index in [2.05, 4.69) is 4.99 Å². The molecule has 4 rings (SSSR count). The van der Waals surface area contributed by atoms with Gasteiger partial charge < -0.3 is 9.84 Å². The molecule has 0 spiro atoms. The lowest BCUT2D eigenvalue weighted by atomic mass is 10.2. The SMILES string of the molecule is CN1C(=O)C(=Cc2ccc(OCc3ccc(Cl)c(Cl)c3)c(Cl)c2)SC1=Nc1cccc(C(=O)O)c1. The Morgan fingerprint density at radius 3 is 2.57 bits per heavy atom. The third-order valence-corrected chi connectivity index (χ3v) is 7.05. The standard InChI is InChI=1S/C25H17Cl3N2O4S/c1-30-23(31)22(35-25(30)29-17-4-2-3-16(12-17)24(32)33)11-14-6-8-21(20(28)9-14)34-13-15-5-7-18(26)19(27)10-15/h2-12H,13H2,1H3,(H,32,33). The molecule has 0 aliphatic carbocycles. The molecule has 35 heavy (non-hydrogen) atoms. The zero-order chi connectivity index (χ0) is 25.1. The molecule has 1 N–H and O–H groups in total. The minimum Gasteiger partial charge on any atom is -0.487 e. The summed E-state index contributed by atoms with van der Waals surface area (Å²) in [6.45, 7) is 0.263. The van der Waals surface area contributed by atoms with Gasteiger partial charge in [-0.25, -0.2) is 9.79 Å². The summed E-state index contributed by atoms with van der Waals surface area (Å²) in [5, 5.41) is 10.9. The number of hydrogen-bond donors (Lipinski definition) is 1. The van der Waals surface area contributed by atoms with Crippen molar-refractivity contribution < 1.29 is 19.4 Å². The molecule has 0 unspecified atom stereocenters. The molecule has 6 nitrogen and oxygen atoms in total. The van der Waals surface area contributed by atoms with Gasteiger partial charge in [0.25, 0.3) is 5.91 Å². The third kappa shape index (κ3) is 6.00. The molecule has 0 saturated carbocycles. The number of amidine groups is 1. The van der Waals surface area contributed by atoms with E-state index in [0.717, 1.165) is 11.1 Å². The maximum Gasteiger partial charge on any atom is 0.335 e. The predicted molar refractivity (Wildman–Crippen MR) is 141 cm³/mol. The van der Waals surface area contributed by atoms with Crippen LogP contribution in [0.4, 0.5) is 5.69 Å². The van der Waals surface area contributed by atoms with Gasteiger partial charge in [-0.3, -0.25) is 9.69 Å². The quantitative estimate of drug-likeness (QED) is 0.331. The van der Waals surface area contributed by atoms with Crippen LogP contribution >= 0.6 is 46.6 Å². The van der Waals surface area contributed by atoms with E-state index < -0.39 is 5.97 Å². The number of amides is 1. The number of nitrogens with zero attached hydrogens (tertiary/aromatic N) is 2.